The SMILES string of the molecule is CC(C)(N)C(C=Cc1ccccc1)C(=O)O. The lowest BCUT2D eigenvalue weighted by molar-refractivity contribution is -0.141. The Balaban J connectivity index is 2.85. The summed E-state index contributed by atoms with van der Waals surface area (Å²) in [5, 5.41) is 9.06. The number of rotatable bonds is 4. The van der Waals surface area contributed by atoms with E-state index >= 15 is 0 Å². The molecule has 0 saturated carbocycles. The molecule has 1 unspecified atom stereocenters. The Kier molecular flexibility index (Phi) is 3.85. The maximum Gasteiger partial charge on any atom is 0.312 e. The third kappa shape index (κ3) is 3.51. The van der Waals surface area contributed by atoms with Crippen molar-refractivity contribution >= 4 is 12.0 Å². The van der Waals surface area contributed by atoms with Crippen LogP contribution in [0.2, 0.25) is 0 Å². The second-order valence-electron chi connectivity index (χ2n) is 4.41. The molecule has 1 rings (SSSR count). The van der Waals surface area contributed by atoms with Gasteiger partial charge in [0.2, 0.25) is 0 Å². The highest BCUT2D eigenvalue weighted by Crippen LogP contribution is 2.17. The summed E-state index contributed by atoms with van der Waals surface area (Å²) in [5.74, 6) is -1.59. The van der Waals surface area contributed by atoms with Crippen LogP contribution in [0.4, 0.5) is 0 Å². The van der Waals surface area contributed by atoms with Crippen molar-refractivity contribution in [2.24, 2.45) is 11.7 Å². The minimum Gasteiger partial charge on any atom is -0.481 e. The second-order valence-corrected chi connectivity index (χ2v) is 4.41. The van der Waals surface area contributed by atoms with Crippen LogP contribution >= 0.6 is 0 Å². The van der Waals surface area contributed by atoms with Gasteiger partial charge in [-0.25, -0.2) is 0 Å². The monoisotopic (exact) mass is 219 g/mol. The van der Waals surface area contributed by atoms with Crippen LogP contribution in [0.3, 0.4) is 0 Å². The highest BCUT2D eigenvalue weighted by Gasteiger charge is 2.28. The van der Waals surface area contributed by atoms with Crippen molar-refractivity contribution in [2.45, 2.75) is 19.4 Å². The maximum atomic E-state index is 11.0. The summed E-state index contributed by atoms with van der Waals surface area (Å²) >= 11 is 0. The first kappa shape index (κ1) is 12.5. The molecule has 0 aliphatic heterocycles. The molecule has 0 aromatic heterocycles. The first-order chi connectivity index (χ1) is 7.41. The van der Waals surface area contributed by atoms with Crippen molar-refractivity contribution in [3.63, 3.8) is 0 Å². The molecule has 0 aliphatic carbocycles. The first-order valence-electron chi connectivity index (χ1n) is 5.16. The molecule has 1 aromatic rings. The van der Waals surface area contributed by atoms with Crippen LogP contribution in [0.1, 0.15) is 19.4 Å². The van der Waals surface area contributed by atoms with Gasteiger partial charge in [0, 0.05) is 5.54 Å². The van der Waals surface area contributed by atoms with Gasteiger partial charge in [-0.2, -0.15) is 0 Å². The Hall–Kier alpha value is -1.61. The van der Waals surface area contributed by atoms with Crippen molar-refractivity contribution in [3.05, 3.63) is 42.0 Å². The molecule has 0 radical (unpaired) electrons. The number of hydrogen-bond donors (Lipinski definition) is 2. The van der Waals surface area contributed by atoms with Gasteiger partial charge in [0.05, 0.1) is 5.92 Å². The van der Waals surface area contributed by atoms with E-state index in [1.807, 2.05) is 30.3 Å². The lowest BCUT2D eigenvalue weighted by Gasteiger charge is -2.24. The lowest BCUT2D eigenvalue weighted by Crippen LogP contribution is -2.43. The van der Waals surface area contributed by atoms with Gasteiger partial charge in [0.25, 0.3) is 0 Å². The number of aliphatic carboxylic acids is 1. The second kappa shape index (κ2) is 4.94. The number of carboxylic acid groups (broad SMARTS) is 1. The Labute approximate surface area is 95.6 Å². The summed E-state index contributed by atoms with van der Waals surface area (Å²) in [7, 11) is 0. The molecule has 0 bridgehead atoms. The minimum atomic E-state index is -0.903. The van der Waals surface area contributed by atoms with Crippen molar-refractivity contribution in [1.29, 1.82) is 0 Å². The molecule has 86 valence electrons. The Bertz CT molecular complexity index is 377. The van der Waals surface area contributed by atoms with Gasteiger partial charge >= 0.3 is 5.97 Å². The summed E-state index contributed by atoms with van der Waals surface area (Å²) in [4.78, 5) is 11.0. The normalized spacial score (nSPS) is 13.9. The van der Waals surface area contributed by atoms with E-state index < -0.39 is 17.4 Å². The van der Waals surface area contributed by atoms with Gasteiger partial charge in [-0.15, -0.1) is 0 Å². The summed E-state index contributed by atoms with van der Waals surface area (Å²) in [5.41, 5.74) is 6.02. The van der Waals surface area contributed by atoms with E-state index in [4.69, 9.17) is 10.8 Å². The van der Waals surface area contributed by atoms with Crippen LogP contribution < -0.4 is 5.73 Å². The zero-order chi connectivity index (χ0) is 12.2. The van der Waals surface area contributed by atoms with Crippen molar-refractivity contribution in [2.75, 3.05) is 0 Å². The summed E-state index contributed by atoms with van der Waals surface area (Å²) in [6.07, 6.45) is 3.42. The lowest BCUT2D eigenvalue weighted by atomic mass is 9.88. The van der Waals surface area contributed by atoms with Crippen molar-refractivity contribution in [3.8, 4) is 0 Å². The minimum absolute atomic E-state index is 0.687. The van der Waals surface area contributed by atoms with Gasteiger partial charge in [0.15, 0.2) is 0 Å². The third-order valence-electron chi connectivity index (χ3n) is 2.35. The fourth-order valence-corrected chi connectivity index (χ4v) is 1.42. The molecule has 1 atom stereocenters. The van der Waals surface area contributed by atoms with Crippen LogP contribution in [0.25, 0.3) is 6.08 Å². The standard InChI is InChI=1S/C13H17NO2/c1-13(2,14)11(12(15)16)9-8-10-6-4-3-5-7-10/h3-9,11H,14H2,1-2H3,(H,15,16). The molecular weight excluding hydrogens is 202 g/mol. The van der Waals surface area contributed by atoms with Crippen molar-refractivity contribution in [1.82, 2.24) is 0 Å². The van der Waals surface area contributed by atoms with Crippen molar-refractivity contribution < 1.29 is 9.90 Å². The van der Waals surface area contributed by atoms with Crippen LogP contribution in [0, 0.1) is 5.92 Å². The van der Waals surface area contributed by atoms with Crippen LogP contribution in [0.5, 0.6) is 0 Å². The molecule has 0 aliphatic rings. The molecule has 1 aromatic carbocycles. The first-order valence-corrected chi connectivity index (χ1v) is 5.16. The van der Waals surface area contributed by atoms with E-state index in [-0.39, 0.29) is 0 Å². The average molecular weight is 219 g/mol. The molecular formula is C13H17NO2. The highest BCUT2D eigenvalue weighted by molar-refractivity contribution is 5.75. The molecule has 3 N–H and O–H groups in total. The number of carboxylic acids is 1. The zero-order valence-corrected chi connectivity index (χ0v) is 9.55. The highest BCUT2D eigenvalue weighted by atomic mass is 16.4. The molecule has 0 spiro atoms. The Morgan fingerprint density at radius 3 is 2.38 bits per heavy atom. The fourth-order valence-electron chi connectivity index (χ4n) is 1.42. The van der Waals surface area contributed by atoms with E-state index in [2.05, 4.69) is 0 Å². The van der Waals surface area contributed by atoms with E-state index in [1.54, 1.807) is 26.0 Å². The number of benzene rings is 1. The van der Waals surface area contributed by atoms with E-state index in [0.29, 0.717) is 0 Å². The molecule has 0 amide bonds. The van der Waals surface area contributed by atoms with Gasteiger partial charge in [-0.1, -0.05) is 42.5 Å². The van der Waals surface area contributed by atoms with E-state index in [9.17, 15) is 4.79 Å². The quantitative estimate of drug-likeness (QED) is 0.815. The Morgan fingerprint density at radius 1 is 1.38 bits per heavy atom. The fraction of sp³-hybridized carbons (Fsp3) is 0.308. The predicted molar refractivity (Wildman–Crippen MR) is 64.9 cm³/mol. The van der Waals surface area contributed by atoms with Gasteiger partial charge in [-0.3, -0.25) is 4.79 Å². The topological polar surface area (TPSA) is 63.3 Å². The van der Waals surface area contributed by atoms with Crippen LogP contribution in [0.15, 0.2) is 36.4 Å². The average Bonchev–Trinajstić information content (AvgIpc) is 2.17. The predicted octanol–water partition coefficient (Wildman–Crippen LogP) is 2.14. The van der Waals surface area contributed by atoms with Crippen LogP contribution in [-0.4, -0.2) is 16.6 Å². The van der Waals surface area contributed by atoms with E-state index in [0.717, 1.165) is 5.56 Å². The third-order valence-corrected chi connectivity index (χ3v) is 2.35. The number of carbonyl (C=O) groups is 1. The van der Waals surface area contributed by atoms with Crippen LogP contribution in [-0.2, 0) is 4.79 Å². The van der Waals surface area contributed by atoms with Gasteiger partial charge < -0.3 is 10.8 Å². The summed E-state index contributed by atoms with van der Waals surface area (Å²) in [6, 6.07) is 9.56. The molecule has 3 nitrogen and oxygen atoms in total. The number of nitrogens with two attached hydrogens (primary N) is 1. The molecule has 16 heavy (non-hydrogen) atoms. The zero-order valence-electron chi connectivity index (χ0n) is 9.55. The molecule has 0 fully saturated rings. The largest absolute Gasteiger partial charge is 0.481 e. The van der Waals surface area contributed by atoms with Gasteiger partial charge in [0.1, 0.15) is 0 Å². The van der Waals surface area contributed by atoms with E-state index in [1.165, 1.54) is 0 Å². The molecule has 0 saturated heterocycles. The molecule has 3 heteroatoms. The smallest absolute Gasteiger partial charge is 0.312 e. The maximum absolute atomic E-state index is 11.0. The Morgan fingerprint density at radius 2 is 1.94 bits per heavy atom. The van der Waals surface area contributed by atoms with Gasteiger partial charge in [-0.05, 0) is 19.4 Å². The summed E-state index contributed by atoms with van der Waals surface area (Å²) < 4.78 is 0. The molecule has 0 heterocycles. The summed E-state index contributed by atoms with van der Waals surface area (Å²) in [6.45, 7) is 3.42. The number of hydrogen-bond acceptors (Lipinski definition) is 2.